The third kappa shape index (κ3) is 3.63. The van der Waals surface area contributed by atoms with Crippen molar-refractivity contribution in [2.45, 2.75) is 32.7 Å². The molecule has 0 saturated heterocycles. The van der Waals surface area contributed by atoms with E-state index < -0.39 is 23.4 Å². The highest BCUT2D eigenvalue weighted by Gasteiger charge is 2.50. The van der Waals surface area contributed by atoms with E-state index in [-0.39, 0.29) is 19.6 Å². The Kier molecular flexibility index (Phi) is 5.86. The topological polar surface area (TPSA) is 124 Å². The van der Waals surface area contributed by atoms with Crippen LogP contribution in [0.4, 0.5) is 5.69 Å². The Morgan fingerprint density at radius 2 is 1.77 bits per heavy atom. The van der Waals surface area contributed by atoms with E-state index in [1.165, 1.54) is 6.92 Å². The molecule has 0 unspecified atom stereocenters. The smallest absolute Gasteiger partial charge is 0.344 e. The molecule has 26 heavy (non-hydrogen) atoms. The number of nitrogens with two attached hydrogens (primary N) is 1. The lowest BCUT2D eigenvalue weighted by atomic mass is 9.90. The summed E-state index contributed by atoms with van der Waals surface area (Å²) in [5.74, 6) is -2.29. The number of ether oxygens (including phenoxy) is 2. The largest absolute Gasteiger partial charge is 0.464 e. The van der Waals surface area contributed by atoms with Crippen LogP contribution in [0, 0.1) is 0 Å². The number of aromatic nitrogens is 1. The normalized spacial score (nSPS) is 11.2. The number of para-hydroxylation sites is 1. The molecule has 4 N–H and O–H groups in total. The van der Waals surface area contributed by atoms with Crippen LogP contribution in [0.3, 0.4) is 0 Å². The minimum Gasteiger partial charge on any atom is -0.464 e. The average Bonchev–Trinajstić information content (AvgIpc) is 2.98. The SMILES string of the molecule is CCOC(=O)C(Cc1c[nH]c2c(N)cccc12)(NC(C)=O)C(=O)OCC. The molecule has 0 atom stereocenters. The number of hydrogen-bond acceptors (Lipinski definition) is 6. The molecule has 2 aromatic rings. The van der Waals surface area contributed by atoms with E-state index in [1.807, 2.05) is 6.07 Å². The molecule has 140 valence electrons. The summed E-state index contributed by atoms with van der Waals surface area (Å²) >= 11 is 0. The molecule has 0 spiro atoms. The van der Waals surface area contributed by atoms with Crippen LogP contribution < -0.4 is 11.1 Å². The molecule has 2 rings (SSSR count). The first-order chi connectivity index (χ1) is 12.4. The lowest BCUT2D eigenvalue weighted by Crippen LogP contribution is -2.62. The van der Waals surface area contributed by atoms with Gasteiger partial charge < -0.3 is 25.5 Å². The second kappa shape index (κ2) is 7.90. The maximum Gasteiger partial charge on any atom is 0.344 e. The molecular formula is C18H23N3O5. The second-order valence-corrected chi connectivity index (χ2v) is 5.79. The average molecular weight is 361 g/mol. The van der Waals surface area contributed by atoms with Crippen LogP contribution in [0.5, 0.6) is 0 Å². The first-order valence-corrected chi connectivity index (χ1v) is 8.33. The zero-order valence-electron chi connectivity index (χ0n) is 15.0. The fourth-order valence-electron chi connectivity index (χ4n) is 2.85. The van der Waals surface area contributed by atoms with E-state index in [0.717, 1.165) is 5.39 Å². The van der Waals surface area contributed by atoms with Crippen molar-refractivity contribution in [3.63, 3.8) is 0 Å². The van der Waals surface area contributed by atoms with Gasteiger partial charge in [0.1, 0.15) is 0 Å². The maximum atomic E-state index is 12.7. The van der Waals surface area contributed by atoms with Gasteiger partial charge in [0.25, 0.3) is 0 Å². The number of fused-ring (bicyclic) bond motifs is 1. The Morgan fingerprint density at radius 1 is 1.15 bits per heavy atom. The third-order valence-corrected chi connectivity index (χ3v) is 3.93. The van der Waals surface area contributed by atoms with Crippen molar-refractivity contribution in [2.24, 2.45) is 0 Å². The van der Waals surface area contributed by atoms with Crippen molar-refractivity contribution >= 4 is 34.4 Å². The third-order valence-electron chi connectivity index (χ3n) is 3.93. The van der Waals surface area contributed by atoms with Crippen LogP contribution in [0.2, 0.25) is 0 Å². The minimum atomic E-state index is -1.97. The first-order valence-electron chi connectivity index (χ1n) is 8.33. The molecule has 0 aliphatic rings. The zero-order chi connectivity index (χ0) is 19.3. The number of benzene rings is 1. The molecule has 1 amide bonds. The summed E-state index contributed by atoms with van der Waals surface area (Å²) in [5, 5.41) is 3.19. The Bertz CT molecular complexity index is 809. The van der Waals surface area contributed by atoms with E-state index in [4.69, 9.17) is 15.2 Å². The van der Waals surface area contributed by atoms with Gasteiger partial charge in [-0.25, -0.2) is 9.59 Å². The Labute approximate surface area is 151 Å². The summed E-state index contributed by atoms with van der Waals surface area (Å²) < 4.78 is 10.1. The van der Waals surface area contributed by atoms with Gasteiger partial charge in [0, 0.05) is 24.9 Å². The number of carbonyl (C=O) groups is 3. The summed E-state index contributed by atoms with van der Waals surface area (Å²) in [4.78, 5) is 40.1. The number of H-pyrrole nitrogens is 1. The highest BCUT2D eigenvalue weighted by Crippen LogP contribution is 2.27. The highest BCUT2D eigenvalue weighted by atomic mass is 16.6. The van der Waals surface area contributed by atoms with E-state index in [2.05, 4.69) is 10.3 Å². The van der Waals surface area contributed by atoms with Gasteiger partial charge in [-0.1, -0.05) is 12.1 Å². The minimum absolute atomic E-state index is 0.0560. The number of hydrogen-bond donors (Lipinski definition) is 3. The molecule has 0 bridgehead atoms. The predicted octanol–water partition coefficient (Wildman–Crippen LogP) is 1.29. The summed E-state index contributed by atoms with van der Waals surface area (Å²) in [6.07, 6.45) is 1.52. The molecule has 0 saturated carbocycles. The van der Waals surface area contributed by atoms with Gasteiger partial charge in [-0.05, 0) is 25.5 Å². The number of anilines is 1. The number of esters is 2. The lowest BCUT2D eigenvalue weighted by molar-refractivity contribution is -0.167. The van der Waals surface area contributed by atoms with Gasteiger partial charge in [-0.15, -0.1) is 0 Å². The maximum absolute atomic E-state index is 12.7. The van der Waals surface area contributed by atoms with E-state index in [0.29, 0.717) is 16.8 Å². The summed E-state index contributed by atoms with van der Waals surface area (Å²) in [6, 6.07) is 5.32. The molecule has 0 fully saturated rings. The molecule has 1 heterocycles. The summed E-state index contributed by atoms with van der Waals surface area (Å²) in [7, 11) is 0. The second-order valence-electron chi connectivity index (χ2n) is 5.79. The number of nitrogens with one attached hydrogen (secondary N) is 2. The molecule has 0 aliphatic carbocycles. The number of amides is 1. The van der Waals surface area contributed by atoms with Crippen LogP contribution in [-0.2, 0) is 30.3 Å². The van der Waals surface area contributed by atoms with E-state index in [1.54, 1.807) is 32.2 Å². The Hall–Kier alpha value is -3.03. The monoisotopic (exact) mass is 361 g/mol. The summed E-state index contributed by atoms with van der Waals surface area (Å²) in [5.41, 5.74) is 5.82. The number of carbonyl (C=O) groups excluding carboxylic acids is 3. The fourth-order valence-corrected chi connectivity index (χ4v) is 2.85. The van der Waals surface area contributed by atoms with E-state index in [9.17, 15) is 14.4 Å². The first kappa shape index (κ1) is 19.3. The molecule has 8 heteroatoms. The van der Waals surface area contributed by atoms with Crippen LogP contribution in [0.15, 0.2) is 24.4 Å². The van der Waals surface area contributed by atoms with Gasteiger partial charge >= 0.3 is 11.9 Å². The molecule has 0 radical (unpaired) electrons. The number of rotatable bonds is 7. The standard InChI is InChI=1S/C18H23N3O5/c1-4-25-16(23)18(21-11(3)22,17(24)26-5-2)9-12-10-20-15-13(12)7-6-8-14(15)19/h6-8,10,20H,4-5,9,19H2,1-3H3,(H,21,22). The van der Waals surface area contributed by atoms with Crippen molar-refractivity contribution in [2.75, 3.05) is 18.9 Å². The molecule has 1 aromatic heterocycles. The van der Waals surface area contributed by atoms with Crippen LogP contribution in [0.1, 0.15) is 26.3 Å². The molecule has 8 nitrogen and oxygen atoms in total. The molecule has 1 aromatic carbocycles. The van der Waals surface area contributed by atoms with Crippen molar-refractivity contribution in [3.05, 3.63) is 30.0 Å². The zero-order valence-corrected chi connectivity index (χ0v) is 15.0. The Morgan fingerprint density at radius 3 is 2.31 bits per heavy atom. The van der Waals surface area contributed by atoms with Gasteiger partial charge in [0.2, 0.25) is 11.4 Å². The van der Waals surface area contributed by atoms with Gasteiger partial charge in [0.15, 0.2) is 0 Å². The van der Waals surface area contributed by atoms with Crippen LogP contribution in [0.25, 0.3) is 10.9 Å². The van der Waals surface area contributed by atoms with Crippen LogP contribution in [-0.4, -0.2) is 41.6 Å². The summed E-state index contributed by atoms with van der Waals surface area (Å²) in [6.45, 7) is 4.57. The molecule has 0 aliphatic heterocycles. The number of nitrogen functional groups attached to an aromatic ring is 1. The predicted molar refractivity (Wildman–Crippen MR) is 96.2 cm³/mol. The fraction of sp³-hybridized carbons (Fsp3) is 0.389. The highest BCUT2D eigenvalue weighted by molar-refractivity contribution is 6.08. The quantitative estimate of drug-likeness (QED) is 0.388. The number of aromatic amines is 1. The van der Waals surface area contributed by atoms with Crippen molar-refractivity contribution in [1.29, 1.82) is 0 Å². The van der Waals surface area contributed by atoms with Crippen molar-refractivity contribution in [3.8, 4) is 0 Å². The van der Waals surface area contributed by atoms with Gasteiger partial charge in [-0.3, -0.25) is 4.79 Å². The van der Waals surface area contributed by atoms with E-state index >= 15 is 0 Å². The van der Waals surface area contributed by atoms with Crippen molar-refractivity contribution in [1.82, 2.24) is 10.3 Å². The Balaban J connectivity index is 2.56. The van der Waals surface area contributed by atoms with Gasteiger partial charge in [-0.2, -0.15) is 0 Å². The lowest BCUT2D eigenvalue weighted by Gasteiger charge is -2.29. The molecular weight excluding hydrogens is 338 g/mol. The van der Waals surface area contributed by atoms with Crippen LogP contribution >= 0.6 is 0 Å². The van der Waals surface area contributed by atoms with Crippen molar-refractivity contribution < 1.29 is 23.9 Å². The van der Waals surface area contributed by atoms with Gasteiger partial charge in [0.05, 0.1) is 24.4 Å².